The molecule has 4 rings (SSSR count). The number of carbonyl (C=O) groups excluding carboxylic acids is 2. The number of carbonyl (C=O) groups is 2. The normalized spacial score (nSPS) is 17.8. The number of morpholine rings is 1. The largest absolute Gasteiger partial charge is 0.378 e. The Hall–Kier alpha value is -2.71. The van der Waals surface area contributed by atoms with Crippen LogP contribution in [-0.4, -0.2) is 70.8 Å². The highest BCUT2D eigenvalue weighted by molar-refractivity contribution is 6.31. The number of aromatic nitrogens is 2. The van der Waals surface area contributed by atoms with Gasteiger partial charge in [0, 0.05) is 43.7 Å². The van der Waals surface area contributed by atoms with E-state index in [1.807, 2.05) is 4.90 Å². The van der Waals surface area contributed by atoms with Gasteiger partial charge in [-0.25, -0.2) is 9.07 Å². The van der Waals surface area contributed by atoms with Crippen molar-refractivity contribution in [1.29, 1.82) is 0 Å². The van der Waals surface area contributed by atoms with Crippen LogP contribution in [0.2, 0.25) is 5.15 Å². The number of likely N-dealkylation sites (tertiary alicyclic amines) is 1. The Balaban J connectivity index is 1.37. The molecule has 2 aliphatic rings. The molecule has 170 valence electrons. The SMILES string of the molecule is Cc1nn(-c2ccc(F)cc2)c(Cl)c1C=CC(=O)N1CCC(C(=O)N2CCOCC2)CC1. The number of rotatable bonds is 4. The van der Waals surface area contributed by atoms with E-state index >= 15 is 0 Å². The fraction of sp³-hybridized carbons (Fsp3) is 0.435. The highest BCUT2D eigenvalue weighted by atomic mass is 35.5. The smallest absolute Gasteiger partial charge is 0.246 e. The van der Waals surface area contributed by atoms with E-state index in [1.54, 1.807) is 30.0 Å². The summed E-state index contributed by atoms with van der Waals surface area (Å²) in [6.07, 6.45) is 4.49. The number of hydrogen-bond acceptors (Lipinski definition) is 4. The van der Waals surface area contributed by atoms with E-state index in [-0.39, 0.29) is 23.5 Å². The summed E-state index contributed by atoms with van der Waals surface area (Å²) in [5, 5.41) is 4.76. The minimum Gasteiger partial charge on any atom is -0.378 e. The third kappa shape index (κ3) is 4.86. The fourth-order valence-electron chi connectivity index (χ4n) is 4.10. The molecule has 32 heavy (non-hydrogen) atoms. The molecule has 7 nitrogen and oxygen atoms in total. The lowest BCUT2D eigenvalue weighted by molar-refractivity contribution is -0.142. The second-order valence-corrected chi connectivity index (χ2v) is 8.41. The molecular formula is C23H26ClFN4O3. The maximum atomic E-state index is 13.2. The van der Waals surface area contributed by atoms with Gasteiger partial charge in [-0.15, -0.1) is 0 Å². The summed E-state index contributed by atoms with van der Waals surface area (Å²) in [5.41, 5.74) is 1.94. The molecule has 2 aliphatic heterocycles. The first-order valence-corrected chi connectivity index (χ1v) is 11.2. The molecule has 0 spiro atoms. The van der Waals surface area contributed by atoms with Crippen molar-refractivity contribution < 1.29 is 18.7 Å². The number of aryl methyl sites for hydroxylation is 1. The van der Waals surface area contributed by atoms with Gasteiger partial charge >= 0.3 is 0 Å². The standard InChI is InChI=1S/C23H26ClFN4O3/c1-16-20(22(24)29(26-16)19-4-2-18(25)3-5-19)6-7-21(30)27-10-8-17(9-11-27)23(31)28-12-14-32-15-13-28/h2-7,17H,8-15H2,1H3. The first-order chi connectivity index (χ1) is 15.4. The first-order valence-electron chi connectivity index (χ1n) is 10.8. The molecule has 2 amide bonds. The Morgan fingerprint density at radius 2 is 1.75 bits per heavy atom. The van der Waals surface area contributed by atoms with Gasteiger partial charge in [-0.2, -0.15) is 5.10 Å². The van der Waals surface area contributed by atoms with Crippen molar-refractivity contribution in [3.8, 4) is 5.69 Å². The number of amides is 2. The summed E-state index contributed by atoms with van der Waals surface area (Å²) in [4.78, 5) is 29.0. The van der Waals surface area contributed by atoms with Gasteiger partial charge in [0.05, 0.1) is 24.6 Å². The van der Waals surface area contributed by atoms with Gasteiger partial charge in [0.15, 0.2) is 0 Å². The molecule has 0 saturated carbocycles. The zero-order valence-electron chi connectivity index (χ0n) is 18.0. The predicted octanol–water partition coefficient (Wildman–Crippen LogP) is 3.08. The second kappa shape index (κ2) is 9.83. The van der Waals surface area contributed by atoms with Crippen LogP contribution < -0.4 is 0 Å². The van der Waals surface area contributed by atoms with Crippen molar-refractivity contribution in [3.63, 3.8) is 0 Å². The van der Waals surface area contributed by atoms with Crippen LogP contribution in [0.3, 0.4) is 0 Å². The van der Waals surface area contributed by atoms with Gasteiger partial charge < -0.3 is 14.5 Å². The maximum absolute atomic E-state index is 13.2. The Bertz CT molecular complexity index is 1010. The van der Waals surface area contributed by atoms with Crippen molar-refractivity contribution in [2.45, 2.75) is 19.8 Å². The van der Waals surface area contributed by atoms with Crippen molar-refractivity contribution in [2.24, 2.45) is 5.92 Å². The molecule has 1 aromatic carbocycles. The molecule has 0 atom stereocenters. The Morgan fingerprint density at radius 1 is 1.09 bits per heavy atom. The van der Waals surface area contributed by atoms with Crippen molar-refractivity contribution in [1.82, 2.24) is 19.6 Å². The van der Waals surface area contributed by atoms with Crippen LogP contribution in [0.4, 0.5) is 4.39 Å². The van der Waals surface area contributed by atoms with Gasteiger partial charge in [-0.3, -0.25) is 9.59 Å². The first kappa shape index (κ1) is 22.5. The molecule has 0 N–H and O–H groups in total. The summed E-state index contributed by atoms with van der Waals surface area (Å²) in [5.74, 6) is -0.319. The fourth-order valence-corrected chi connectivity index (χ4v) is 4.44. The molecule has 1 aromatic heterocycles. The van der Waals surface area contributed by atoms with Crippen LogP contribution in [0.25, 0.3) is 11.8 Å². The number of piperidine rings is 1. The van der Waals surface area contributed by atoms with Crippen LogP contribution in [-0.2, 0) is 14.3 Å². The molecule has 9 heteroatoms. The predicted molar refractivity (Wildman–Crippen MR) is 119 cm³/mol. The third-order valence-electron chi connectivity index (χ3n) is 5.99. The van der Waals surface area contributed by atoms with Crippen molar-refractivity contribution in [3.05, 3.63) is 52.6 Å². The number of benzene rings is 1. The average molecular weight is 461 g/mol. The number of halogens is 2. The number of hydrogen-bond donors (Lipinski definition) is 0. The molecule has 3 heterocycles. The minimum absolute atomic E-state index is 0.0354. The van der Waals surface area contributed by atoms with Gasteiger partial charge in [0.1, 0.15) is 11.0 Å². The van der Waals surface area contributed by atoms with E-state index in [0.29, 0.717) is 74.3 Å². The summed E-state index contributed by atoms with van der Waals surface area (Å²) in [6.45, 7) is 5.37. The van der Waals surface area contributed by atoms with Gasteiger partial charge in [0.2, 0.25) is 11.8 Å². The Morgan fingerprint density at radius 3 is 2.41 bits per heavy atom. The highest BCUT2D eigenvalue weighted by Gasteiger charge is 2.30. The quantitative estimate of drug-likeness (QED) is 0.657. The highest BCUT2D eigenvalue weighted by Crippen LogP contribution is 2.25. The van der Waals surface area contributed by atoms with Gasteiger partial charge in [-0.05, 0) is 50.1 Å². The average Bonchev–Trinajstić information content (AvgIpc) is 3.11. The molecule has 0 unspecified atom stereocenters. The molecule has 0 bridgehead atoms. The zero-order valence-corrected chi connectivity index (χ0v) is 18.7. The van der Waals surface area contributed by atoms with Crippen molar-refractivity contribution in [2.75, 3.05) is 39.4 Å². The van der Waals surface area contributed by atoms with E-state index in [4.69, 9.17) is 16.3 Å². The van der Waals surface area contributed by atoms with Crippen LogP contribution in [0, 0.1) is 18.7 Å². The minimum atomic E-state index is -0.338. The van der Waals surface area contributed by atoms with E-state index in [0.717, 1.165) is 0 Å². The van der Waals surface area contributed by atoms with Crippen LogP contribution in [0.15, 0.2) is 30.3 Å². The van der Waals surface area contributed by atoms with Crippen LogP contribution in [0.1, 0.15) is 24.1 Å². The lowest BCUT2D eigenvalue weighted by Gasteiger charge is -2.35. The molecule has 0 radical (unpaired) electrons. The molecule has 0 aliphatic carbocycles. The monoisotopic (exact) mass is 460 g/mol. The zero-order chi connectivity index (χ0) is 22.7. The summed E-state index contributed by atoms with van der Waals surface area (Å²) >= 11 is 6.48. The number of ether oxygens (including phenoxy) is 1. The third-order valence-corrected chi connectivity index (χ3v) is 6.35. The lowest BCUT2D eigenvalue weighted by atomic mass is 9.95. The molecular weight excluding hydrogens is 435 g/mol. The Labute approximate surface area is 191 Å². The van der Waals surface area contributed by atoms with Gasteiger partial charge in [0.25, 0.3) is 0 Å². The van der Waals surface area contributed by atoms with E-state index in [9.17, 15) is 14.0 Å². The van der Waals surface area contributed by atoms with Crippen molar-refractivity contribution >= 4 is 29.5 Å². The summed E-state index contributed by atoms with van der Waals surface area (Å²) in [7, 11) is 0. The Kier molecular flexibility index (Phi) is 6.91. The van der Waals surface area contributed by atoms with Crippen LogP contribution in [0.5, 0.6) is 0 Å². The van der Waals surface area contributed by atoms with E-state index < -0.39 is 0 Å². The second-order valence-electron chi connectivity index (χ2n) is 8.05. The number of nitrogens with zero attached hydrogens (tertiary/aromatic N) is 4. The maximum Gasteiger partial charge on any atom is 0.246 e. The topological polar surface area (TPSA) is 67.7 Å². The van der Waals surface area contributed by atoms with Crippen LogP contribution >= 0.6 is 11.6 Å². The molecule has 2 aromatic rings. The lowest BCUT2D eigenvalue weighted by Crippen LogP contribution is -2.47. The molecule has 2 saturated heterocycles. The van der Waals surface area contributed by atoms with E-state index in [1.165, 1.54) is 22.9 Å². The van der Waals surface area contributed by atoms with Gasteiger partial charge in [-0.1, -0.05) is 11.6 Å². The summed E-state index contributed by atoms with van der Waals surface area (Å²) < 4.78 is 20.0. The van der Waals surface area contributed by atoms with E-state index in [2.05, 4.69) is 5.10 Å². The summed E-state index contributed by atoms with van der Waals surface area (Å²) in [6, 6.07) is 5.87. The molecule has 2 fully saturated rings.